The first kappa shape index (κ1) is 21.9. The van der Waals surface area contributed by atoms with E-state index in [2.05, 4.69) is 26.0 Å². The van der Waals surface area contributed by atoms with Crippen LogP contribution in [0, 0.1) is 22.7 Å². The summed E-state index contributed by atoms with van der Waals surface area (Å²) in [6.07, 6.45) is 7.52. The van der Waals surface area contributed by atoms with Gasteiger partial charge in [-0.2, -0.15) is 0 Å². The van der Waals surface area contributed by atoms with Crippen molar-refractivity contribution in [1.29, 1.82) is 0 Å². The van der Waals surface area contributed by atoms with Crippen LogP contribution in [0.5, 0.6) is 0 Å². The van der Waals surface area contributed by atoms with Gasteiger partial charge in [0.25, 0.3) is 0 Å². The van der Waals surface area contributed by atoms with Crippen molar-refractivity contribution in [3.05, 3.63) is 47.0 Å². The van der Waals surface area contributed by atoms with Gasteiger partial charge in [0.2, 0.25) is 0 Å². The molecule has 3 fully saturated rings. The molecule has 172 valence electrons. The molecule has 0 spiro atoms. The van der Waals surface area contributed by atoms with Crippen LogP contribution >= 0.6 is 0 Å². The quantitative estimate of drug-likeness (QED) is 0.443. The van der Waals surface area contributed by atoms with Gasteiger partial charge in [0.15, 0.2) is 0 Å². The van der Waals surface area contributed by atoms with Crippen LogP contribution in [0.15, 0.2) is 41.5 Å². The molecule has 4 aliphatic carbocycles. The predicted molar refractivity (Wildman–Crippen MR) is 123 cm³/mol. The van der Waals surface area contributed by atoms with Crippen LogP contribution in [0.1, 0.15) is 77.7 Å². The molecular formula is C28H36O4. The molecule has 0 heterocycles. The van der Waals surface area contributed by atoms with Crippen LogP contribution in [0.2, 0.25) is 0 Å². The number of Topliss-reactive ketones (excluding diaryl/α,β-unsaturated/α-hetero) is 1. The summed E-state index contributed by atoms with van der Waals surface area (Å²) in [7, 11) is 0. The number of allylic oxidation sites excluding steroid dienone is 1. The van der Waals surface area contributed by atoms with Gasteiger partial charge in [-0.05, 0) is 62.3 Å². The first-order valence-electron chi connectivity index (χ1n) is 12.4. The summed E-state index contributed by atoms with van der Waals surface area (Å²) in [5.41, 5.74) is 3.95. The maximum Gasteiger partial charge on any atom is 0.302 e. The summed E-state index contributed by atoms with van der Waals surface area (Å²) in [4.78, 5) is 24.8. The fourth-order valence-electron chi connectivity index (χ4n) is 7.51. The molecule has 1 aromatic rings. The molecule has 5 rings (SSSR count). The Morgan fingerprint density at radius 3 is 2.59 bits per heavy atom. The van der Waals surface area contributed by atoms with E-state index < -0.39 is 0 Å². The zero-order valence-corrected chi connectivity index (χ0v) is 19.7. The highest BCUT2D eigenvalue weighted by atomic mass is 16.5. The molecule has 6 atom stereocenters. The SMILES string of the molecule is CC(=O)O[C@@H]1CC2C(=C3CC[C@H](OCc4ccccc4)C[C@]31C)CC[C@]1(C)C(=O)CCC21. The molecule has 4 nitrogen and oxygen atoms in total. The Kier molecular flexibility index (Phi) is 5.56. The van der Waals surface area contributed by atoms with Gasteiger partial charge < -0.3 is 9.47 Å². The van der Waals surface area contributed by atoms with Gasteiger partial charge in [0, 0.05) is 24.2 Å². The number of rotatable bonds is 4. The number of fused-ring (bicyclic) bond motifs is 4. The molecule has 0 aromatic heterocycles. The van der Waals surface area contributed by atoms with Crippen LogP contribution in [0.3, 0.4) is 0 Å². The Labute approximate surface area is 191 Å². The topological polar surface area (TPSA) is 52.6 Å². The maximum absolute atomic E-state index is 12.7. The minimum Gasteiger partial charge on any atom is -0.462 e. The van der Waals surface area contributed by atoms with E-state index in [4.69, 9.17) is 9.47 Å². The van der Waals surface area contributed by atoms with E-state index in [-0.39, 0.29) is 29.0 Å². The van der Waals surface area contributed by atoms with Crippen LogP contribution in [-0.4, -0.2) is 24.0 Å². The summed E-state index contributed by atoms with van der Waals surface area (Å²) in [6, 6.07) is 10.3. The average Bonchev–Trinajstić information content (AvgIpc) is 3.07. The standard InChI is InChI=1S/C28H36O4/c1-18(29)32-26-15-22-21(13-14-27(2)24(22)11-12-25(27)30)23-10-9-20(16-28(23,26)3)31-17-19-7-5-4-6-8-19/h4-8,20,22,24,26H,9-17H2,1-3H3/t20-,22?,24?,26+,27-,28+/m0/s1. The third kappa shape index (κ3) is 3.55. The second-order valence-electron chi connectivity index (χ2n) is 11.0. The highest BCUT2D eigenvalue weighted by molar-refractivity contribution is 5.87. The Morgan fingerprint density at radius 2 is 1.84 bits per heavy atom. The molecule has 4 aliphatic rings. The van der Waals surface area contributed by atoms with Gasteiger partial charge in [-0.25, -0.2) is 0 Å². The van der Waals surface area contributed by atoms with Gasteiger partial charge in [-0.1, -0.05) is 55.3 Å². The summed E-state index contributed by atoms with van der Waals surface area (Å²) in [5.74, 6) is 1.03. The summed E-state index contributed by atoms with van der Waals surface area (Å²) < 4.78 is 12.4. The summed E-state index contributed by atoms with van der Waals surface area (Å²) in [6.45, 7) is 6.64. The number of carbonyl (C=O) groups is 2. The van der Waals surface area contributed by atoms with E-state index in [1.165, 1.54) is 18.1 Å². The van der Waals surface area contributed by atoms with Crippen molar-refractivity contribution < 1.29 is 19.1 Å². The molecule has 0 aliphatic heterocycles. The number of ether oxygens (including phenoxy) is 2. The van der Waals surface area contributed by atoms with Crippen LogP contribution in [-0.2, 0) is 25.7 Å². The number of hydrogen-bond donors (Lipinski definition) is 0. The van der Waals surface area contributed by atoms with E-state index in [0.29, 0.717) is 30.6 Å². The van der Waals surface area contributed by atoms with E-state index in [0.717, 1.165) is 44.9 Å². The fourth-order valence-corrected chi connectivity index (χ4v) is 7.51. The molecule has 0 radical (unpaired) electrons. The number of ketones is 1. The van der Waals surface area contributed by atoms with Crippen LogP contribution in [0.4, 0.5) is 0 Å². The van der Waals surface area contributed by atoms with Crippen molar-refractivity contribution in [3.63, 3.8) is 0 Å². The minimum absolute atomic E-state index is 0.134. The zero-order chi connectivity index (χ0) is 22.5. The lowest BCUT2D eigenvalue weighted by Gasteiger charge is -2.55. The Bertz CT molecular complexity index is 934. The van der Waals surface area contributed by atoms with Crippen molar-refractivity contribution in [3.8, 4) is 0 Å². The molecule has 1 aromatic carbocycles. The molecule has 0 N–H and O–H groups in total. The maximum atomic E-state index is 12.7. The van der Waals surface area contributed by atoms with Gasteiger partial charge >= 0.3 is 5.97 Å². The zero-order valence-electron chi connectivity index (χ0n) is 19.7. The van der Waals surface area contributed by atoms with Crippen LogP contribution in [0.25, 0.3) is 0 Å². The average molecular weight is 437 g/mol. The van der Waals surface area contributed by atoms with E-state index in [1.54, 1.807) is 5.57 Å². The van der Waals surface area contributed by atoms with Crippen molar-refractivity contribution in [1.82, 2.24) is 0 Å². The lowest BCUT2D eigenvalue weighted by Crippen LogP contribution is -2.51. The molecular weight excluding hydrogens is 400 g/mol. The monoisotopic (exact) mass is 436 g/mol. The van der Waals surface area contributed by atoms with Gasteiger partial charge in [-0.15, -0.1) is 0 Å². The Morgan fingerprint density at radius 1 is 1.06 bits per heavy atom. The largest absolute Gasteiger partial charge is 0.462 e. The third-order valence-electron chi connectivity index (χ3n) is 9.25. The number of carbonyl (C=O) groups excluding carboxylic acids is 2. The first-order valence-corrected chi connectivity index (χ1v) is 12.4. The lowest BCUT2D eigenvalue weighted by atomic mass is 9.52. The van der Waals surface area contributed by atoms with Crippen molar-refractivity contribution in [2.75, 3.05) is 0 Å². The summed E-state index contributed by atoms with van der Waals surface area (Å²) >= 11 is 0. The lowest BCUT2D eigenvalue weighted by molar-refractivity contribution is -0.159. The number of esters is 1. The number of hydrogen-bond acceptors (Lipinski definition) is 4. The Balaban J connectivity index is 1.42. The second kappa shape index (κ2) is 8.13. The first-order chi connectivity index (χ1) is 15.3. The smallest absolute Gasteiger partial charge is 0.302 e. The van der Waals surface area contributed by atoms with E-state index >= 15 is 0 Å². The van der Waals surface area contributed by atoms with Gasteiger partial charge in [0.05, 0.1) is 12.7 Å². The van der Waals surface area contributed by atoms with E-state index in [9.17, 15) is 9.59 Å². The highest BCUT2D eigenvalue weighted by Crippen LogP contribution is 2.62. The second-order valence-corrected chi connectivity index (χ2v) is 11.0. The van der Waals surface area contributed by atoms with Crippen molar-refractivity contribution in [2.45, 2.75) is 91.0 Å². The molecule has 0 amide bonds. The fraction of sp³-hybridized carbons (Fsp3) is 0.643. The number of benzene rings is 1. The van der Waals surface area contributed by atoms with Gasteiger partial charge in [0.1, 0.15) is 11.9 Å². The van der Waals surface area contributed by atoms with Gasteiger partial charge in [-0.3, -0.25) is 9.59 Å². The summed E-state index contributed by atoms with van der Waals surface area (Å²) in [5, 5.41) is 0. The molecule has 32 heavy (non-hydrogen) atoms. The van der Waals surface area contributed by atoms with Crippen LogP contribution < -0.4 is 0 Å². The molecule has 2 unspecified atom stereocenters. The molecule has 0 bridgehead atoms. The molecule has 0 saturated heterocycles. The third-order valence-corrected chi connectivity index (χ3v) is 9.25. The normalized spacial score (nSPS) is 38.7. The molecule has 4 heteroatoms. The van der Waals surface area contributed by atoms with Crippen molar-refractivity contribution >= 4 is 11.8 Å². The minimum atomic E-state index is -0.201. The molecule has 3 saturated carbocycles. The van der Waals surface area contributed by atoms with E-state index in [1.807, 2.05) is 18.2 Å². The highest BCUT2D eigenvalue weighted by Gasteiger charge is 2.58. The predicted octanol–water partition coefficient (Wildman–Crippen LogP) is 5.79. The Hall–Kier alpha value is -1.94. The van der Waals surface area contributed by atoms with Crippen molar-refractivity contribution in [2.24, 2.45) is 22.7 Å².